The molecule has 0 spiro atoms. The summed E-state index contributed by atoms with van der Waals surface area (Å²) in [7, 11) is 1.89. The maximum Gasteiger partial charge on any atom is 0.0622 e. The molecule has 1 atom stereocenters. The molecule has 0 aliphatic heterocycles. The molecule has 1 aromatic heterocycles. The van der Waals surface area contributed by atoms with E-state index < -0.39 is 0 Å². The third-order valence-electron chi connectivity index (χ3n) is 3.27. The van der Waals surface area contributed by atoms with E-state index in [-0.39, 0.29) is 6.10 Å². The highest BCUT2D eigenvalue weighted by molar-refractivity contribution is 5.30. The summed E-state index contributed by atoms with van der Waals surface area (Å²) in [6, 6.07) is 6.36. The van der Waals surface area contributed by atoms with Crippen LogP contribution >= 0.6 is 0 Å². The number of hydrogen-bond acceptors (Lipinski definition) is 2. The topological polar surface area (TPSA) is 38.1 Å². The van der Waals surface area contributed by atoms with Gasteiger partial charge in [-0.1, -0.05) is 18.2 Å². The van der Waals surface area contributed by atoms with Crippen LogP contribution in [-0.2, 0) is 19.9 Å². The molecule has 0 fully saturated rings. The molecule has 18 heavy (non-hydrogen) atoms. The molecule has 1 heterocycles. The van der Waals surface area contributed by atoms with Crippen LogP contribution in [0, 0.1) is 13.8 Å². The highest BCUT2D eigenvalue weighted by Gasteiger charge is 2.08. The summed E-state index contributed by atoms with van der Waals surface area (Å²) < 4.78 is 1.76. The summed E-state index contributed by atoms with van der Waals surface area (Å²) in [5.41, 5.74) is 4.84. The molecule has 0 bridgehead atoms. The molecule has 96 valence electrons. The minimum absolute atomic E-state index is 0.351. The molecule has 0 amide bonds. The molecule has 0 saturated heterocycles. The van der Waals surface area contributed by atoms with E-state index in [1.165, 1.54) is 16.7 Å². The van der Waals surface area contributed by atoms with Gasteiger partial charge in [-0.25, -0.2) is 0 Å². The first-order valence-electron chi connectivity index (χ1n) is 6.26. The number of aliphatic hydroxyl groups excluding tert-OH is 1. The minimum Gasteiger partial charge on any atom is -0.392 e. The lowest BCUT2D eigenvalue weighted by Crippen LogP contribution is -2.13. The predicted octanol–water partition coefficient (Wildman–Crippen LogP) is 2.18. The number of nitrogens with zero attached hydrogens (tertiary/aromatic N) is 2. The summed E-state index contributed by atoms with van der Waals surface area (Å²) in [4.78, 5) is 0. The van der Waals surface area contributed by atoms with Crippen molar-refractivity contribution in [2.75, 3.05) is 0 Å². The Labute approximate surface area is 108 Å². The summed E-state index contributed by atoms with van der Waals surface area (Å²) >= 11 is 0. The van der Waals surface area contributed by atoms with Crippen LogP contribution in [0.3, 0.4) is 0 Å². The van der Waals surface area contributed by atoms with Crippen LogP contribution in [0.4, 0.5) is 0 Å². The van der Waals surface area contributed by atoms with Crippen molar-refractivity contribution in [3.05, 3.63) is 52.8 Å². The molecular weight excluding hydrogens is 224 g/mol. The van der Waals surface area contributed by atoms with E-state index in [1.54, 1.807) is 4.68 Å². The normalized spacial score (nSPS) is 12.7. The van der Waals surface area contributed by atoms with Gasteiger partial charge >= 0.3 is 0 Å². The molecule has 2 aromatic rings. The van der Waals surface area contributed by atoms with Crippen molar-refractivity contribution in [3.8, 4) is 0 Å². The number of aryl methyl sites for hydroxylation is 3. The summed E-state index contributed by atoms with van der Waals surface area (Å²) in [6.07, 6.45) is 4.75. The Morgan fingerprint density at radius 2 is 1.89 bits per heavy atom. The van der Waals surface area contributed by atoms with Crippen molar-refractivity contribution >= 4 is 0 Å². The SMILES string of the molecule is Cc1ccc(CC(O)Cc2cnn(C)c2)cc1C. The summed E-state index contributed by atoms with van der Waals surface area (Å²) in [6.45, 7) is 4.21. The minimum atomic E-state index is -0.351. The van der Waals surface area contributed by atoms with Gasteiger partial charge in [0.1, 0.15) is 0 Å². The first kappa shape index (κ1) is 12.8. The predicted molar refractivity (Wildman–Crippen MR) is 72.5 cm³/mol. The van der Waals surface area contributed by atoms with Gasteiger partial charge in [-0.3, -0.25) is 4.68 Å². The number of aromatic nitrogens is 2. The van der Waals surface area contributed by atoms with Crippen molar-refractivity contribution in [1.29, 1.82) is 0 Å². The molecular formula is C15H20N2O. The van der Waals surface area contributed by atoms with Crippen LogP contribution in [0.1, 0.15) is 22.3 Å². The van der Waals surface area contributed by atoms with Crippen LogP contribution in [0.15, 0.2) is 30.6 Å². The van der Waals surface area contributed by atoms with Gasteiger partial charge in [0.2, 0.25) is 0 Å². The van der Waals surface area contributed by atoms with E-state index in [2.05, 4.69) is 37.1 Å². The second-order valence-corrected chi connectivity index (χ2v) is 5.00. The molecule has 3 nitrogen and oxygen atoms in total. The first-order chi connectivity index (χ1) is 8.54. The Balaban J connectivity index is 1.98. The Morgan fingerprint density at radius 1 is 1.17 bits per heavy atom. The lowest BCUT2D eigenvalue weighted by Gasteiger charge is -2.10. The maximum atomic E-state index is 10.1. The fourth-order valence-electron chi connectivity index (χ4n) is 2.12. The second kappa shape index (κ2) is 5.36. The number of rotatable bonds is 4. The van der Waals surface area contributed by atoms with Crippen molar-refractivity contribution in [2.24, 2.45) is 7.05 Å². The molecule has 0 aliphatic rings. The Hall–Kier alpha value is -1.61. The fourth-order valence-corrected chi connectivity index (χ4v) is 2.12. The van der Waals surface area contributed by atoms with E-state index in [0.717, 1.165) is 5.56 Å². The lowest BCUT2D eigenvalue weighted by molar-refractivity contribution is 0.175. The average Bonchev–Trinajstić information content (AvgIpc) is 2.69. The van der Waals surface area contributed by atoms with Crippen LogP contribution in [0.2, 0.25) is 0 Å². The van der Waals surface area contributed by atoms with Crippen molar-refractivity contribution < 1.29 is 5.11 Å². The van der Waals surface area contributed by atoms with E-state index in [9.17, 15) is 5.11 Å². The van der Waals surface area contributed by atoms with Gasteiger partial charge in [-0.15, -0.1) is 0 Å². The smallest absolute Gasteiger partial charge is 0.0622 e. The van der Waals surface area contributed by atoms with Gasteiger partial charge in [0.15, 0.2) is 0 Å². The van der Waals surface area contributed by atoms with E-state index >= 15 is 0 Å². The van der Waals surface area contributed by atoms with Crippen LogP contribution in [0.5, 0.6) is 0 Å². The van der Waals surface area contributed by atoms with E-state index in [4.69, 9.17) is 0 Å². The summed E-state index contributed by atoms with van der Waals surface area (Å²) in [5.74, 6) is 0. The number of hydrogen-bond donors (Lipinski definition) is 1. The average molecular weight is 244 g/mol. The quantitative estimate of drug-likeness (QED) is 0.895. The maximum absolute atomic E-state index is 10.1. The Kier molecular flexibility index (Phi) is 3.82. The standard InChI is InChI=1S/C15H20N2O/c1-11-4-5-13(6-12(11)2)7-15(18)8-14-9-16-17(3)10-14/h4-6,9-10,15,18H,7-8H2,1-3H3. The molecule has 3 heteroatoms. The largest absolute Gasteiger partial charge is 0.392 e. The molecule has 1 aromatic carbocycles. The zero-order chi connectivity index (χ0) is 13.1. The third-order valence-corrected chi connectivity index (χ3v) is 3.27. The molecule has 1 N–H and O–H groups in total. The van der Waals surface area contributed by atoms with Crippen molar-refractivity contribution in [2.45, 2.75) is 32.8 Å². The molecule has 0 saturated carbocycles. The van der Waals surface area contributed by atoms with Gasteiger partial charge in [-0.2, -0.15) is 5.10 Å². The number of aliphatic hydroxyl groups is 1. The fraction of sp³-hybridized carbons (Fsp3) is 0.400. The third kappa shape index (κ3) is 3.20. The van der Waals surface area contributed by atoms with Gasteiger partial charge < -0.3 is 5.11 Å². The number of benzene rings is 1. The van der Waals surface area contributed by atoms with Crippen LogP contribution in [-0.4, -0.2) is 21.0 Å². The van der Waals surface area contributed by atoms with Crippen molar-refractivity contribution in [1.82, 2.24) is 9.78 Å². The molecule has 2 rings (SSSR count). The van der Waals surface area contributed by atoms with Gasteiger partial charge in [0.25, 0.3) is 0 Å². The lowest BCUT2D eigenvalue weighted by atomic mass is 9.99. The van der Waals surface area contributed by atoms with Crippen molar-refractivity contribution in [3.63, 3.8) is 0 Å². The zero-order valence-electron chi connectivity index (χ0n) is 11.2. The Morgan fingerprint density at radius 3 is 2.50 bits per heavy atom. The van der Waals surface area contributed by atoms with Crippen LogP contribution < -0.4 is 0 Å². The van der Waals surface area contributed by atoms with Crippen LogP contribution in [0.25, 0.3) is 0 Å². The monoisotopic (exact) mass is 244 g/mol. The second-order valence-electron chi connectivity index (χ2n) is 5.00. The molecule has 0 radical (unpaired) electrons. The first-order valence-corrected chi connectivity index (χ1v) is 6.26. The van der Waals surface area contributed by atoms with Gasteiger partial charge in [-0.05, 0) is 42.5 Å². The highest BCUT2D eigenvalue weighted by Crippen LogP contribution is 2.13. The summed E-state index contributed by atoms with van der Waals surface area (Å²) in [5, 5.41) is 14.2. The zero-order valence-corrected chi connectivity index (χ0v) is 11.2. The van der Waals surface area contributed by atoms with Gasteiger partial charge in [0, 0.05) is 19.7 Å². The molecule has 1 unspecified atom stereocenters. The van der Waals surface area contributed by atoms with E-state index in [0.29, 0.717) is 12.8 Å². The molecule has 0 aliphatic carbocycles. The van der Waals surface area contributed by atoms with Gasteiger partial charge in [0.05, 0.1) is 12.3 Å². The van der Waals surface area contributed by atoms with E-state index in [1.807, 2.05) is 19.4 Å². The highest BCUT2D eigenvalue weighted by atomic mass is 16.3. The Bertz CT molecular complexity index is 531.